The molecule has 6 heteroatoms. The molecule has 1 aliphatic rings. The van der Waals surface area contributed by atoms with Gasteiger partial charge in [-0.05, 0) is 29.4 Å². The third kappa shape index (κ3) is 5.23. The molecule has 1 aliphatic heterocycles. The summed E-state index contributed by atoms with van der Waals surface area (Å²) in [7, 11) is -2.90. The number of nitrogens with one attached hydrogen (secondary N) is 1. The highest BCUT2D eigenvalue weighted by molar-refractivity contribution is 7.91. The summed E-state index contributed by atoms with van der Waals surface area (Å²) in [5.74, 6) is 0.895. The quantitative estimate of drug-likeness (QED) is 0.889. The fraction of sp³-hybridized carbons (Fsp3) is 0.588. The summed E-state index contributed by atoms with van der Waals surface area (Å²) in [6, 6.07) is 7.69. The Hall–Kier alpha value is -1.56. The molecular weight excluding hydrogens is 314 g/mol. The Morgan fingerprint density at radius 3 is 2.61 bits per heavy atom. The van der Waals surface area contributed by atoms with E-state index in [4.69, 9.17) is 4.74 Å². The minimum atomic E-state index is -2.90. The molecule has 1 heterocycles. The van der Waals surface area contributed by atoms with Crippen molar-refractivity contribution in [2.75, 3.05) is 24.7 Å². The standard InChI is InChI=1S/C17H25NO4S/c1-17(2,3)14-6-4-5-7-15(14)22-11-16(19)18-10-13-8-9-23(20,21)12-13/h4-7,13H,8-12H2,1-3H3,(H,18,19). The molecule has 0 saturated carbocycles. The molecule has 1 amide bonds. The minimum Gasteiger partial charge on any atom is -0.483 e. The lowest BCUT2D eigenvalue weighted by molar-refractivity contribution is -0.123. The number of sulfone groups is 1. The van der Waals surface area contributed by atoms with E-state index in [0.29, 0.717) is 18.7 Å². The molecule has 1 N–H and O–H groups in total. The summed E-state index contributed by atoms with van der Waals surface area (Å²) in [5, 5.41) is 2.76. The van der Waals surface area contributed by atoms with Crippen molar-refractivity contribution in [1.82, 2.24) is 5.32 Å². The fourth-order valence-corrected chi connectivity index (χ4v) is 4.56. The van der Waals surface area contributed by atoms with Crippen LogP contribution in [0.25, 0.3) is 0 Å². The molecule has 1 fully saturated rings. The van der Waals surface area contributed by atoms with Crippen molar-refractivity contribution in [2.24, 2.45) is 5.92 Å². The van der Waals surface area contributed by atoms with E-state index in [1.807, 2.05) is 24.3 Å². The van der Waals surface area contributed by atoms with Crippen molar-refractivity contribution < 1.29 is 17.9 Å². The van der Waals surface area contributed by atoms with Gasteiger partial charge in [-0.15, -0.1) is 0 Å². The Morgan fingerprint density at radius 2 is 2.00 bits per heavy atom. The zero-order chi connectivity index (χ0) is 17.1. The molecule has 1 unspecified atom stereocenters. The minimum absolute atomic E-state index is 0.0193. The van der Waals surface area contributed by atoms with Crippen LogP contribution in [0.2, 0.25) is 0 Å². The van der Waals surface area contributed by atoms with Crippen LogP contribution in [-0.4, -0.2) is 39.0 Å². The van der Waals surface area contributed by atoms with Crippen molar-refractivity contribution in [3.05, 3.63) is 29.8 Å². The molecular formula is C17H25NO4S. The van der Waals surface area contributed by atoms with E-state index in [1.165, 1.54) is 0 Å². The number of benzene rings is 1. The van der Waals surface area contributed by atoms with Gasteiger partial charge in [0.25, 0.3) is 5.91 Å². The molecule has 5 nitrogen and oxygen atoms in total. The Morgan fingerprint density at radius 1 is 1.30 bits per heavy atom. The van der Waals surface area contributed by atoms with Gasteiger partial charge < -0.3 is 10.1 Å². The van der Waals surface area contributed by atoms with E-state index < -0.39 is 9.84 Å². The average molecular weight is 339 g/mol. The van der Waals surface area contributed by atoms with Crippen molar-refractivity contribution >= 4 is 15.7 Å². The van der Waals surface area contributed by atoms with Crippen molar-refractivity contribution in [3.8, 4) is 5.75 Å². The van der Waals surface area contributed by atoms with Crippen LogP contribution in [-0.2, 0) is 20.0 Å². The first kappa shape index (κ1) is 17.8. The van der Waals surface area contributed by atoms with Gasteiger partial charge in [0.2, 0.25) is 0 Å². The van der Waals surface area contributed by atoms with Crippen molar-refractivity contribution in [2.45, 2.75) is 32.6 Å². The maximum Gasteiger partial charge on any atom is 0.257 e. The normalized spacial score (nSPS) is 20.2. The topological polar surface area (TPSA) is 72.5 Å². The van der Waals surface area contributed by atoms with Crippen LogP contribution in [0.4, 0.5) is 0 Å². The largest absolute Gasteiger partial charge is 0.483 e. The number of hydrogen-bond acceptors (Lipinski definition) is 4. The molecule has 0 aromatic heterocycles. The Kier molecular flexibility index (Phi) is 5.34. The summed E-state index contributed by atoms with van der Waals surface area (Å²) in [4.78, 5) is 11.9. The van der Waals surface area contributed by atoms with Gasteiger partial charge >= 0.3 is 0 Å². The molecule has 1 atom stereocenters. The number of ether oxygens (including phenoxy) is 1. The second-order valence-electron chi connectivity index (χ2n) is 7.11. The van der Waals surface area contributed by atoms with Crippen LogP contribution in [0.15, 0.2) is 24.3 Å². The summed E-state index contributed by atoms with van der Waals surface area (Å²) in [5.41, 5.74) is 0.986. The van der Waals surface area contributed by atoms with Crippen LogP contribution < -0.4 is 10.1 Å². The fourth-order valence-electron chi connectivity index (χ4n) is 2.70. The van der Waals surface area contributed by atoms with Crippen molar-refractivity contribution in [1.29, 1.82) is 0 Å². The lowest BCUT2D eigenvalue weighted by Gasteiger charge is -2.22. The summed E-state index contributed by atoms with van der Waals surface area (Å²) in [6.07, 6.45) is 0.621. The molecule has 2 rings (SSSR count). The predicted molar refractivity (Wildman–Crippen MR) is 90.4 cm³/mol. The number of carbonyl (C=O) groups is 1. The monoisotopic (exact) mass is 339 g/mol. The maximum absolute atomic E-state index is 11.9. The van der Waals surface area contributed by atoms with E-state index in [0.717, 1.165) is 5.56 Å². The third-order valence-corrected chi connectivity index (χ3v) is 5.81. The second-order valence-corrected chi connectivity index (χ2v) is 9.34. The van der Waals surface area contributed by atoms with Crippen LogP contribution in [0, 0.1) is 5.92 Å². The van der Waals surface area contributed by atoms with E-state index in [2.05, 4.69) is 26.1 Å². The lowest BCUT2D eigenvalue weighted by atomic mass is 9.86. The van der Waals surface area contributed by atoms with E-state index in [9.17, 15) is 13.2 Å². The number of rotatable bonds is 5. The van der Waals surface area contributed by atoms with Crippen LogP contribution >= 0.6 is 0 Å². The smallest absolute Gasteiger partial charge is 0.257 e. The van der Waals surface area contributed by atoms with Gasteiger partial charge in [-0.2, -0.15) is 0 Å². The van der Waals surface area contributed by atoms with Crippen LogP contribution in [0.3, 0.4) is 0 Å². The maximum atomic E-state index is 11.9. The lowest BCUT2D eigenvalue weighted by Crippen LogP contribution is -2.33. The van der Waals surface area contributed by atoms with Gasteiger partial charge in [-0.3, -0.25) is 4.79 Å². The second kappa shape index (κ2) is 6.91. The molecule has 0 radical (unpaired) electrons. The number of hydrogen-bond donors (Lipinski definition) is 1. The predicted octanol–water partition coefficient (Wildman–Crippen LogP) is 1.91. The molecule has 1 saturated heterocycles. The zero-order valence-corrected chi connectivity index (χ0v) is 14.8. The number of amides is 1. The first-order chi connectivity index (χ1) is 10.7. The molecule has 0 bridgehead atoms. The Bertz CT molecular complexity index is 661. The molecule has 128 valence electrons. The molecule has 1 aromatic rings. The Balaban J connectivity index is 1.84. The highest BCUT2D eigenvalue weighted by Crippen LogP contribution is 2.30. The molecule has 1 aromatic carbocycles. The Labute approximate surface area is 138 Å². The number of para-hydroxylation sites is 1. The van der Waals surface area contributed by atoms with Crippen LogP contribution in [0.5, 0.6) is 5.75 Å². The SMILES string of the molecule is CC(C)(C)c1ccccc1OCC(=O)NCC1CCS(=O)(=O)C1. The zero-order valence-electron chi connectivity index (χ0n) is 14.0. The van der Waals surface area contributed by atoms with Gasteiger partial charge in [0, 0.05) is 6.54 Å². The average Bonchev–Trinajstić information content (AvgIpc) is 2.81. The van der Waals surface area contributed by atoms with E-state index >= 15 is 0 Å². The first-order valence-electron chi connectivity index (χ1n) is 7.87. The van der Waals surface area contributed by atoms with Gasteiger partial charge in [0.15, 0.2) is 16.4 Å². The molecule has 0 spiro atoms. The third-order valence-electron chi connectivity index (χ3n) is 3.97. The van der Waals surface area contributed by atoms with Gasteiger partial charge in [-0.1, -0.05) is 39.0 Å². The molecule has 23 heavy (non-hydrogen) atoms. The summed E-state index contributed by atoms with van der Waals surface area (Å²) in [6.45, 7) is 6.61. The highest BCUT2D eigenvalue weighted by atomic mass is 32.2. The summed E-state index contributed by atoms with van der Waals surface area (Å²) < 4.78 is 28.4. The van der Waals surface area contributed by atoms with Gasteiger partial charge in [0.05, 0.1) is 11.5 Å². The van der Waals surface area contributed by atoms with E-state index in [1.54, 1.807) is 0 Å². The van der Waals surface area contributed by atoms with Gasteiger partial charge in [0.1, 0.15) is 5.75 Å². The number of carbonyl (C=O) groups excluding carboxylic acids is 1. The first-order valence-corrected chi connectivity index (χ1v) is 9.69. The summed E-state index contributed by atoms with van der Waals surface area (Å²) >= 11 is 0. The van der Waals surface area contributed by atoms with Crippen LogP contribution in [0.1, 0.15) is 32.8 Å². The van der Waals surface area contributed by atoms with E-state index in [-0.39, 0.29) is 35.4 Å². The van der Waals surface area contributed by atoms with Crippen molar-refractivity contribution in [3.63, 3.8) is 0 Å². The highest BCUT2D eigenvalue weighted by Gasteiger charge is 2.28. The molecule has 0 aliphatic carbocycles. The van der Waals surface area contributed by atoms with Gasteiger partial charge in [-0.25, -0.2) is 8.42 Å².